The summed E-state index contributed by atoms with van der Waals surface area (Å²) >= 11 is 0. The van der Waals surface area contributed by atoms with E-state index in [-0.39, 0.29) is 11.5 Å². The molecule has 0 bridgehead atoms. The van der Waals surface area contributed by atoms with Crippen molar-refractivity contribution < 1.29 is 4.42 Å². The van der Waals surface area contributed by atoms with Gasteiger partial charge < -0.3 is 10.2 Å². The normalized spacial score (nSPS) is 10.7. The number of aromatic nitrogens is 3. The number of pyridine rings is 1. The van der Waals surface area contributed by atoms with Gasteiger partial charge in [0, 0.05) is 35.3 Å². The second kappa shape index (κ2) is 6.09. The average Bonchev–Trinajstić information content (AvgIpc) is 3.18. The quantitative estimate of drug-likeness (QED) is 0.623. The van der Waals surface area contributed by atoms with Crippen LogP contribution in [0.25, 0.3) is 28.3 Å². The molecule has 4 rings (SSSR count). The van der Waals surface area contributed by atoms with Gasteiger partial charge in [0.2, 0.25) is 5.95 Å². The third-order valence-corrected chi connectivity index (χ3v) is 3.82. The Labute approximate surface area is 143 Å². The summed E-state index contributed by atoms with van der Waals surface area (Å²) in [7, 11) is 0. The summed E-state index contributed by atoms with van der Waals surface area (Å²) in [6, 6.07) is 16.3. The lowest BCUT2D eigenvalue weighted by Gasteiger charge is -2.10. The third kappa shape index (κ3) is 2.81. The van der Waals surface area contributed by atoms with Gasteiger partial charge in [0.05, 0.1) is 6.26 Å². The van der Waals surface area contributed by atoms with Crippen LogP contribution in [-0.4, -0.2) is 14.5 Å². The summed E-state index contributed by atoms with van der Waals surface area (Å²) in [4.78, 5) is 20.7. The minimum Gasteiger partial charge on any atom is -0.463 e. The van der Waals surface area contributed by atoms with Crippen molar-refractivity contribution in [1.29, 1.82) is 0 Å². The van der Waals surface area contributed by atoms with Gasteiger partial charge >= 0.3 is 0 Å². The zero-order chi connectivity index (χ0) is 17.2. The highest BCUT2D eigenvalue weighted by molar-refractivity contribution is 5.78. The van der Waals surface area contributed by atoms with Gasteiger partial charge in [-0.2, -0.15) is 0 Å². The Hall–Kier alpha value is -3.67. The van der Waals surface area contributed by atoms with E-state index in [2.05, 4.69) is 9.97 Å². The van der Waals surface area contributed by atoms with E-state index in [1.165, 1.54) is 6.07 Å². The van der Waals surface area contributed by atoms with Gasteiger partial charge in [0.15, 0.2) is 5.76 Å². The van der Waals surface area contributed by atoms with Crippen molar-refractivity contribution in [3.8, 4) is 28.3 Å². The number of anilines is 1. The predicted molar refractivity (Wildman–Crippen MR) is 95.2 cm³/mol. The van der Waals surface area contributed by atoms with Crippen molar-refractivity contribution in [2.45, 2.75) is 0 Å². The molecule has 0 radical (unpaired) electrons. The summed E-state index contributed by atoms with van der Waals surface area (Å²) in [5.74, 6) is 0.744. The fourth-order valence-electron chi connectivity index (χ4n) is 2.64. The fourth-order valence-corrected chi connectivity index (χ4v) is 2.64. The van der Waals surface area contributed by atoms with Gasteiger partial charge in [-0.3, -0.25) is 9.36 Å². The molecule has 0 saturated carbocycles. The second-order valence-electron chi connectivity index (χ2n) is 5.43. The Morgan fingerprint density at radius 3 is 2.60 bits per heavy atom. The second-order valence-corrected chi connectivity index (χ2v) is 5.43. The highest BCUT2D eigenvalue weighted by atomic mass is 16.3. The summed E-state index contributed by atoms with van der Waals surface area (Å²) in [5, 5.41) is 0. The molecule has 2 N–H and O–H groups in total. The molecular formula is C19H14N4O2. The van der Waals surface area contributed by atoms with E-state index in [0.717, 1.165) is 16.8 Å². The molecule has 0 unspecified atom stereocenters. The number of hydrogen-bond donors (Lipinski definition) is 1. The Bertz CT molecular complexity index is 1070. The number of nitrogens with two attached hydrogens (primary N) is 1. The maximum absolute atomic E-state index is 12.3. The van der Waals surface area contributed by atoms with Crippen LogP contribution in [0, 0.1) is 0 Å². The molecule has 0 fully saturated rings. The van der Waals surface area contributed by atoms with E-state index in [1.54, 1.807) is 41.4 Å². The molecule has 6 nitrogen and oxygen atoms in total. The molecule has 0 aliphatic carbocycles. The minimum absolute atomic E-state index is 0.120. The number of rotatable bonds is 3. The summed E-state index contributed by atoms with van der Waals surface area (Å²) in [6.45, 7) is 0. The number of benzene rings is 1. The Morgan fingerprint density at radius 1 is 1.00 bits per heavy atom. The first-order valence-electron chi connectivity index (χ1n) is 7.67. The monoisotopic (exact) mass is 330 g/mol. The summed E-state index contributed by atoms with van der Waals surface area (Å²) in [6.07, 6.45) is 4.97. The van der Waals surface area contributed by atoms with Crippen LogP contribution in [0.4, 0.5) is 5.95 Å². The average molecular weight is 330 g/mol. The van der Waals surface area contributed by atoms with E-state index >= 15 is 0 Å². The molecule has 1 aromatic carbocycles. The molecule has 3 heterocycles. The fraction of sp³-hybridized carbons (Fsp3) is 0. The Morgan fingerprint density at radius 2 is 1.84 bits per heavy atom. The standard InChI is InChI=1S/C19H14N4O2/c20-19-21-11-15(18(22-19)16-7-4-10-25-16)13-8-9-17(24)23(12-13)14-5-2-1-3-6-14/h1-12H,(H2,20,21,22). The lowest BCUT2D eigenvalue weighted by Crippen LogP contribution is -2.16. The van der Waals surface area contributed by atoms with Crippen LogP contribution in [0.15, 0.2) is 82.5 Å². The van der Waals surface area contributed by atoms with Crippen LogP contribution >= 0.6 is 0 Å². The van der Waals surface area contributed by atoms with Crippen molar-refractivity contribution >= 4 is 5.95 Å². The topological polar surface area (TPSA) is 86.9 Å². The zero-order valence-electron chi connectivity index (χ0n) is 13.2. The van der Waals surface area contributed by atoms with Gasteiger partial charge in [0.1, 0.15) is 5.69 Å². The van der Waals surface area contributed by atoms with Gasteiger partial charge in [0.25, 0.3) is 5.56 Å². The van der Waals surface area contributed by atoms with Crippen molar-refractivity contribution in [2.24, 2.45) is 0 Å². The molecule has 3 aromatic heterocycles. The number of furan rings is 1. The molecule has 0 aliphatic rings. The molecule has 122 valence electrons. The molecule has 25 heavy (non-hydrogen) atoms. The maximum Gasteiger partial charge on any atom is 0.255 e. The largest absolute Gasteiger partial charge is 0.463 e. The number of nitrogens with zero attached hydrogens (tertiary/aromatic N) is 3. The van der Waals surface area contributed by atoms with Crippen LogP contribution in [0.1, 0.15) is 0 Å². The highest BCUT2D eigenvalue weighted by Crippen LogP contribution is 2.30. The first-order valence-corrected chi connectivity index (χ1v) is 7.67. The SMILES string of the molecule is Nc1ncc(-c2ccc(=O)n(-c3ccccc3)c2)c(-c2ccco2)n1. The zero-order valence-corrected chi connectivity index (χ0v) is 13.2. The molecule has 0 spiro atoms. The number of hydrogen-bond acceptors (Lipinski definition) is 5. The van der Waals surface area contributed by atoms with Crippen molar-refractivity contribution in [3.63, 3.8) is 0 Å². The van der Waals surface area contributed by atoms with Crippen LogP contribution in [0.3, 0.4) is 0 Å². The molecular weight excluding hydrogens is 316 g/mol. The smallest absolute Gasteiger partial charge is 0.255 e. The molecule has 0 saturated heterocycles. The highest BCUT2D eigenvalue weighted by Gasteiger charge is 2.14. The first-order chi connectivity index (χ1) is 12.2. The van der Waals surface area contributed by atoms with E-state index < -0.39 is 0 Å². The minimum atomic E-state index is -0.120. The Balaban J connectivity index is 1.91. The van der Waals surface area contributed by atoms with E-state index in [1.807, 2.05) is 30.3 Å². The van der Waals surface area contributed by atoms with Crippen molar-refractivity contribution in [2.75, 3.05) is 5.73 Å². The number of nitrogen functional groups attached to an aromatic ring is 1. The molecule has 0 atom stereocenters. The third-order valence-electron chi connectivity index (χ3n) is 3.82. The molecule has 4 aromatic rings. The van der Waals surface area contributed by atoms with Crippen LogP contribution < -0.4 is 11.3 Å². The number of para-hydroxylation sites is 1. The van der Waals surface area contributed by atoms with E-state index in [4.69, 9.17) is 10.2 Å². The van der Waals surface area contributed by atoms with Crippen molar-refractivity contribution in [1.82, 2.24) is 14.5 Å². The van der Waals surface area contributed by atoms with Gasteiger partial charge in [-0.05, 0) is 30.3 Å². The molecule has 0 aliphatic heterocycles. The molecule has 0 amide bonds. The van der Waals surface area contributed by atoms with Gasteiger partial charge in [-0.15, -0.1) is 0 Å². The molecule has 6 heteroatoms. The van der Waals surface area contributed by atoms with E-state index in [0.29, 0.717) is 11.5 Å². The van der Waals surface area contributed by atoms with Crippen LogP contribution in [0.2, 0.25) is 0 Å². The van der Waals surface area contributed by atoms with E-state index in [9.17, 15) is 4.79 Å². The lowest BCUT2D eigenvalue weighted by atomic mass is 10.1. The van der Waals surface area contributed by atoms with Gasteiger partial charge in [-0.25, -0.2) is 9.97 Å². The predicted octanol–water partition coefficient (Wildman–Crippen LogP) is 3.14. The summed E-state index contributed by atoms with van der Waals surface area (Å²) < 4.78 is 7.04. The van der Waals surface area contributed by atoms with Gasteiger partial charge in [-0.1, -0.05) is 18.2 Å². The maximum atomic E-state index is 12.3. The first kappa shape index (κ1) is 14.9. The summed E-state index contributed by atoms with van der Waals surface area (Å²) in [5.41, 5.74) is 8.50. The van der Waals surface area contributed by atoms with Crippen LogP contribution in [-0.2, 0) is 0 Å². The Kier molecular flexibility index (Phi) is 3.63. The lowest BCUT2D eigenvalue weighted by molar-refractivity contribution is 0.580. The van der Waals surface area contributed by atoms with Crippen molar-refractivity contribution in [3.05, 3.63) is 83.6 Å². The van der Waals surface area contributed by atoms with Crippen LogP contribution in [0.5, 0.6) is 0 Å².